The van der Waals surface area contributed by atoms with E-state index in [4.69, 9.17) is 4.42 Å². The van der Waals surface area contributed by atoms with Gasteiger partial charge in [-0.2, -0.15) is 0 Å². The summed E-state index contributed by atoms with van der Waals surface area (Å²) in [5.74, 6) is 0.309. The number of nitrogens with zero attached hydrogens (tertiary/aromatic N) is 1. The fourth-order valence-corrected chi connectivity index (χ4v) is 4.00. The maximum atomic E-state index is 13.3. The summed E-state index contributed by atoms with van der Waals surface area (Å²) in [6.07, 6.45) is 7.19. The third kappa shape index (κ3) is 2.64. The van der Waals surface area contributed by atoms with Gasteiger partial charge < -0.3 is 9.73 Å². The zero-order chi connectivity index (χ0) is 17.3. The Kier molecular flexibility index (Phi) is 4.07. The highest BCUT2D eigenvalue weighted by atomic mass is 16.3. The van der Waals surface area contributed by atoms with Crippen LogP contribution >= 0.6 is 0 Å². The van der Waals surface area contributed by atoms with Crippen LogP contribution in [0.3, 0.4) is 0 Å². The van der Waals surface area contributed by atoms with Gasteiger partial charge in [-0.25, -0.2) is 0 Å². The van der Waals surface area contributed by atoms with Crippen molar-refractivity contribution < 1.29 is 14.0 Å². The second-order valence-corrected chi connectivity index (χ2v) is 6.89. The van der Waals surface area contributed by atoms with Crippen LogP contribution in [0.4, 0.5) is 5.69 Å². The van der Waals surface area contributed by atoms with E-state index in [-0.39, 0.29) is 24.3 Å². The summed E-state index contributed by atoms with van der Waals surface area (Å²) in [7, 11) is 0. The molecule has 2 amide bonds. The van der Waals surface area contributed by atoms with Crippen molar-refractivity contribution in [1.82, 2.24) is 5.32 Å². The van der Waals surface area contributed by atoms with Crippen molar-refractivity contribution in [3.63, 3.8) is 0 Å². The first-order valence-electron chi connectivity index (χ1n) is 8.95. The van der Waals surface area contributed by atoms with Gasteiger partial charge >= 0.3 is 0 Å². The van der Waals surface area contributed by atoms with Gasteiger partial charge in [-0.3, -0.25) is 14.5 Å². The molecular formula is C20H22N2O3. The number of carbonyl (C=O) groups excluding carboxylic acids is 2. The first kappa shape index (κ1) is 15.9. The number of para-hydroxylation sites is 1. The third-order valence-corrected chi connectivity index (χ3v) is 5.30. The van der Waals surface area contributed by atoms with E-state index in [1.54, 1.807) is 23.3 Å². The van der Waals surface area contributed by atoms with Crippen molar-refractivity contribution in [3.8, 4) is 0 Å². The Morgan fingerprint density at radius 2 is 1.84 bits per heavy atom. The van der Waals surface area contributed by atoms with Crippen LogP contribution in [-0.2, 0) is 15.1 Å². The minimum Gasteiger partial charge on any atom is -0.466 e. The van der Waals surface area contributed by atoms with Crippen LogP contribution in [-0.4, -0.2) is 17.9 Å². The lowest BCUT2D eigenvalue weighted by atomic mass is 9.79. The number of amides is 2. The Morgan fingerprint density at radius 3 is 2.48 bits per heavy atom. The van der Waals surface area contributed by atoms with E-state index >= 15 is 0 Å². The molecule has 2 aliphatic rings. The van der Waals surface area contributed by atoms with Crippen molar-refractivity contribution in [1.29, 1.82) is 0 Å². The topological polar surface area (TPSA) is 62.6 Å². The number of carbonyl (C=O) groups is 2. The predicted octanol–water partition coefficient (Wildman–Crippen LogP) is 3.36. The molecule has 2 heterocycles. The number of hydrogen-bond acceptors (Lipinski definition) is 3. The number of β-lactam (4-membered cyclic amide) rings is 1. The van der Waals surface area contributed by atoms with Gasteiger partial charge in [-0.05, 0) is 37.1 Å². The van der Waals surface area contributed by atoms with Crippen molar-refractivity contribution in [2.45, 2.75) is 50.1 Å². The summed E-state index contributed by atoms with van der Waals surface area (Å²) in [6.45, 7) is 0. The van der Waals surface area contributed by atoms with Gasteiger partial charge in [0, 0.05) is 11.7 Å². The van der Waals surface area contributed by atoms with Gasteiger partial charge in [0.15, 0.2) is 5.54 Å². The van der Waals surface area contributed by atoms with Gasteiger partial charge in [-0.15, -0.1) is 0 Å². The highest BCUT2D eigenvalue weighted by molar-refractivity contribution is 6.13. The van der Waals surface area contributed by atoms with E-state index in [0.29, 0.717) is 11.4 Å². The Bertz CT molecular complexity index is 751. The van der Waals surface area contributed by atoms with Crippen LogP contribution in [0, 0.1) is 0 Å². The smallest absolute Gasteiger partial charge is 0.255 e. The first-order chi connectivity index (χ1) is 12.2. The van der Waals surface area contributed by atoms with Crippen molar-refractivity contribution in [2.75, 3.05) is 4.90 Å². The number of benzene rings is 1. The van der Waals surface area contributed by atoms with E-state index in [9.17, 15) is 9.59 Å². The van der Waals surface area contributed by atoms with E-state index in [0.717, 1.165) is 25.7 Å². The molecule has 2 fully saturated rings. The number of furan rings is 1. The minimum atomic E-state index is -1.08. The average Bonchev–Trinajstić information content (AvgIpc) is 3.15. The molecule has 1 saturated carbocycles. The summed E-state index contributed by atoms with van der Waals surface area (Å²) in [4.78, 5) is 27.3. The maximum Gasteiger partial charge on any atom is 0.255 e. The fraction of sp³-hybridized carbons (Fsp3) is 0.400. The third-order valence-electron chi connectivity index (χ3n) is 5.30. The molecule has 25 heavy (non-hydrogen) atoms. The average molecular weight is 338 g/mol. The van der Waals surface area contributed by atoms with E-state index in [1.807, 2.05) is 30.3 Å². The molecule has 130 valence electrons. The molecule has 1 saturated heterocycles. The molecule has 4 rings (SSSR count). The quantitative estimate of drug-likeness (QED) is 0.870. The lowest BCUT2D eigenvalue weighted by Gasteiger charge is -2.49. The van der Waals surface area contributed by atoms with Gasteiger partial charge in [-0.1, -0.05) is 37.5 Å². The largest absolute Gasteiger partial charge is 0.466 e. The zero-order valence-corrected chi connectivity index (χ0v) is 14.1. The summed E-state index contributed by atoms with van der Waals surface area (Å²) in [6, 6.07) is 13.1. The molecule has 1 atom stereocenters. The SMILES string of the molecule is O=C1CC(C(=O)NC2CCCCC2)(c2ccco2)N1c1ccccc1. The molecule has 5 heteroatoms. The first-order valence-corrected chi connectivity index (χ1v) is 8.95. The highest BCUT2D eigenvalue weighted by Gasteiger charge is 2.60. The monoisotopic (exact) mass is 338 g/mol. The number of nitrogens with one attached hydrogen (secondary N) is 1. The number of hydrogen-bond donors (Lipinski definition) is 1. The molecule has 1 aromatic heterocycles. The van der Waals surface area contributed by atoms with Crippen LogP contribution in [0.2, 0.25) is 0 Å². The summed E-state index contributed by atoms with van der Waals surface area (Å²) < 4.78 is 5.60. The normalized spacial score (nSPS) is 24.0. The minimum absolute atomic E-state index is 0.0682. The van der Waals surface area contributed by atoms with Crippen LogP contribution in [0.1, 0.15) is 44.3 Å². The van der Waals surface area contributed by atoms with Crippen molar-refractivity contribution in [3.05, 3.63) is 54.5 Å². The molecule has 1 aliphatic carbocycles. The van der Waals surface area contributed by atoms with Crippen LogP contribution in [0.25, 0.3) is 0 Å². The van der Waals surface area contributed by atoms with E-state index in [1.165, 1.54) is 6.42 Å². The second kappa shape index (κ2) is 6.39. The van der Waals surface area contributed by atoms with Crippen molar-refractivity contribution in [2.24, 2.45) is 0 Å². The molecule has 1 aromatic carbocycles. The van der Waals surface area contributed by atoms with Gasteiger partial charge in [0.2, 0.25) is 5.91 Å². The Hall–Kier alpha value is -2.56. The Labute approximate surface area is 147 Å². The molecule has 1 N–H and O–H groups in total. The lowest BCUT2D eigenvalue weighted by Crippen LogP contribution is -2.69. The van der Waals surface area contributed by atoms with E-state index < -0.39 is 5.54 Å². The van der Waals surface area contributed by atoms with Crippen molar-refractivity contribution >= 4 is 17.5 Å². The Morgan fingerprint density at radius 1 is 1.08 bits per heavy atom. The molecule has 1 unspecified atom stereocenters. The van der Waals surface area contributed by atoms with Gasteiger partial charge in [0.25, 0.3) is 5.91 Å². The highest BCUT2D eigenvalue weighted by Crippen LogP contribution is 2.45. The summed E-state index contributed by atoms with van der Waals surface area (Å²) in [5.41, 5.74) is -0.367. The van der Waals surface area contributed by atoms with Crippen LogP contribution < -0.4 is 10.2 Å². The number of anilines is 1. The summed E-state index contributed by atoms with van der Waals surface area (Å²) >= 11 is 0. The number of rotatable bonds is 4. The predicted molar refractivity (Wildman–Crippen MR) is 93.9 cm³/mol. The van der Waals surface area contributed by atoms with Gasteiger partial charge in [0.05, 0.1) is 12.7 Å². The zero-order valence-electron chi connectivity index (χ0n) is 14.1. The maximum absolute atomic E-state index is 13.3. The summed E-state index contributed by atoms with van der Waals surface area (Å²) in [5, 5.41) is 3.18. The molecule has 5 nitrogen and oxygen atoms in total. The molecular weight excluding hydrogens is 316 g/mol. The van der Waals surface area contributed by atoms with Crippen LogP contribution in [0.15, 0.2) is 53.1 Å². The molecule has 0 bridgehead atoms. The molecule has 1 aliphatic heterocycles. The molecule has 0 spiro atoms. The fourth-order valence-electron chi connectivity index (χ4n) is 4.00. The molecule has 2 aromatic rings. The molecule has 0 radical (unpaired) electrons. The standard InChI is InChI=1S/C20H22N2O3/c23-18-14-20(17-12-7-13-25-17,22(18)16-10-5-2-6-11-16)19(24)21-15-8-3-1-4-9-15/h2,5-7,10-13,15H,1,3-4,8-9,14H2,(H,21,24). The Balaban J connectivity index is 1.68. The van der Waals surface area contributed by atoms with Crippen LogP contribution in [0.5, 0.6) is 0 Å². The van der Waals surface area contributed by atoms with E-state index in [2.05, 4.69) is 5.32 Å². The van der Waals surface area contributed by atoms with Gasteiger partial charge in [0.1, 0.15) is 5.76 Å². The second-order valence-electron chi connectivity index (χ2n) is 6.89. The lowest BCUT2D eigenvalue weighted by molar-refractivity contribution is -0.141.